The highest BCUT2D eigenvalue weighted by Crippen LogP contribution is 2.21. The van der Waals surface area contributed by atoms with Crippen molar-refractivity contribution in [1.82, 2.24) is 15.8 Å². The first kappa shape index (κ1) is 17.9. The molecular formula is C19H13Cl2N3O2. The highest BCUT2D eigenvalue weighted by Gasteiger charge is 2.12. The van der Waals surface area contributed by atoms with Crippen molar-refractivity contribution in [1.29, 1.82) is 0 Å². The summed E-state index contributed by atoms with van der Waals surface area (Å²) in [6, 6.07) is 15.2. The Kier molecular flexibility index (Phi) is 5.51. The van der Waals surface area contributed by atoms with Crippen LogP contribution < -0.4 is 10.9 Å². The lowest BCUT2D eigenvalue weighted by Crippen LogP contribution is -2.41. The molecule has 0 radical (unpaired) electrons. The van der Waals surface area contributed by atoms with Crippen LogP contribution in [0.25, 0.3) is 11.1 Å². The number of carbonyl (C=O) groups excluding carboxylic acids is 2. The van der Waals surface area contributed by atoms with Crippen molar-refractivity contribution in [3.8, 4) is 11.1 Å². The van der Waals surface area contributed by atoms with Crippen LogP contribution in [0, 0.1) is 0 Å². The molecule has 0 aliphatic heterocycles. The van der Waals surface area contributed by atoms with Crippen molar-refractivity contribution >= 4 is 35.0 Å². The standard InChI is InChI=1S/C19H13Cl2N3O2/c20-15-5-6-16(17(21)11-15)19(26)24-23-18(25)14-3-1-12(2-4-14)13-7-9-22-10-8-13/h1-11H,(H,23,25)(H,24,26). The van der Waals surface area contributed by atoms with Gasteiger partial charge in [-0.3, -0.25) is 25.4 Å². The Hall–Kier alpha value is -2.89. The molecular weight excluding hydrogens is 373 g/mol. The van der Waals surface area contributed by atoms with E-state index in [9.17, 15) is 9.59 Å². The molecule has 2 N–H and O–H groups in total. The smallest absolute Gasteiger partial charge is 0.267 e. The highest BCUT2D eigenvalue weighted by atomic mass is 35.5. The summed E-state index contributed by atoms with van der Waals surface area (Å²) in [6.07, 6.45) is 3.40. The van der Waals surface area contributed by atoms with Gasteiger partial charge in [0.2, 0.25) is 0 Å². The van der Waals surface area contributed by atoms with Gasteiger partial charge >= 0.3 is 0 Å². The number of pyridine rings is 1. The third-order valence-electron chi connectivity index (χ3n) is 3.63. The van der Waals surface area contributed by atoms with Crippen LogP contribution in [0.3, 0.4) is 0 Å². The van der Waals surface area contributed by atoms with Crippen molar-refractivity contribution in [2.45, 2.75) is 0 Å². The Morgan fingerprint density at radius 2 is 1.38 bits per heavy atom. The summed E-state index contributed by atoms with van der Waals surface area (Å²) < 4.78 is 0. The summed E-state index contributed by atoms with van der Waals surface area (Å²) in [4.78, 5) is 28.2. The van der Waals surface area contributed by atoms with E-state index in [-0.39, 0.29) is 10.6 Å². The van der Waals surface area contributed by atoms with Gasteiger partial charge < -0.3 is 0 Å². The summed E-state index contributed by atoms with van der Waals surface area (Å²) in [5.74, 6) is -0.974. The Labute approximate surface area is 159 Å². The number of nitrogens with zero attached hydrogens (tertiary/aromatic N) is 1. The van der Waals surface area contributed by atoms with Crippen molar-refractivity contribution in [2.75, 3.05) is 0 Å². The molecule has 0 unspecified atom stereocenters. The maximum Gasteiger partial charge on any atom is 0.271 e. The zero-order valence-electron chi connectivity index (χ0n) is 13.4. The molecule has 0 atom stereocenters. The molecule has 2 amide bonds. The van der Waals surface area contributed by atoms with Gasteiger partial charge in [-0.2, -0.15) is 0 Å². The van der Waals surface area contributed by atoms with Gasteiger partial charge in [0.15, 0.2) is 0 Å². The number of benzene rings is 2. The quantitative estimate of drug-likeness (QED) is 0.665. The molecule has 3 aromatic rings. The minimum Gasteiger partial charge on any atom is -0.267 e. The summed E-state index contributed by atoms with van der Waals surface area (Å²) in [5.41, 5.74) is 7.26. The molecule has 26 heavy (non-hydrogen) atoms. The lowest BCUT2D eigenvalue weighted by atomic mass is 10.1. The van der Waals surface area contributed by atoms with Crippen LogP contribution in [-0.2, 0) is 0 Å². The van der Waals surface area contributed by atoms with Gasteiger partial charge in [-0.05, 0) is 53.6 Å². The number of hydrazine groups is 1. The number of aromatic nitrogens is 1. The topological polar surface area (TPSA) is 71.1 Å². The van der Waals surface area contributed by atoms with E-state index in [1.165, 1.54) is 12.1 Å². The molecule has 0 bridgehead atoms. The van der Waals surface area contributed by atoms with Gasteiger partial charge in [0.1, 0.15) is 0 Å². The van der Waals surface area contributed by atoms with E-state index in [1.54, 1.807) is 30.6 Å². The summed E-state index contributed by atoms with van der Waals surface area (Å²) in [5, 5.41) is 0.621. The second-order valence-electron chi connectivity index (χ2n) is 5.35. The number of nitrogens with one attached hydrogen (secondary N) is 2. The van der Waals surface area contributed by atoms with Crippen molar-refractivity contribution in [3.05, 3.63) is 88.2 Å². The van der Waals surface area contributed by atoms with E-state index in [0.717, 1.165) is 11.1 Å². The summed E-state index contributed by atoms with van der Waals surface area (Å²) in [7, 11) is 0. The van der Waals surface area contributed by atoms with E-state index >= 15 is 0 Å². The molecule has 1 aromatic heterocycles. The van der Waals surface area contributed by atoms with Crippen molar-refractivity contribution < 1.29 is 9.59 Å². The van der Waals surface area contributed by atoms with Crippen LogP contribution in [0.5, 0.6) is 0 Å². The number of amides is 2. The van der Waals surface area contributed by atoms with Crippen LogP contribution in [0.4, 0.5) is 0 Å². The fraction of sp³-hybridized carbons (Fsp3) is 0. The Morgan fingerprint density at radius 1 is 0.769 bits per heavy atom. The maximum absolute atomic E-state index is 12.2. The molecule has 3 rings (SSSR count). The first-order chi connectivity index (χ1) is 12.5. The predicted molar refractivity (Wildman–Crippen MR) is 101 cm³/mol. The number of halogens is 2. The van der Waals surface area contributed by atoms with Crippen molar-refractivity contribution in [2.24, 2.45) is 0 Å². The number of rotatable bonds is 3. The van der Waals surface area contributed by atoms with Crippen LogP contribution >= 0.6 is 23.2 Å². The Balaban J connectivity index is 1.64. The van der Waals surface area contributed by atoms with Gasteiger partial charge in [0.05, 0.1) is 10.6 Å². The lowest BCUT2D eigenvalue weighted by molar-refractivity contribution is 0.0847. The molecule has 0 aliphatic carbocycles. The molecule has 0 spiro atoms. The highest BCUT2D eigenvalue weighted by molar-refractivity contribution is 6.36. The molecule has 0 fully saturated rings. The molecule has 7 heteroatoms. The number of carbonyl (C=O) groups is 2. The third kappa shape index (κ3) is 4.20. The number of hydrogen-bond acceptors (Lipinski definition) is 3. The van der Waals surface area contributed by atoms with Crippen LogP contribution in [0.1, 0.15) is 20.7 Å². The SMILES string of the molecule is O=C(NNC(=O)c1ccc(Cl)cc1Cl)c1ccc(-c2ccncc2)cc1. The second kappa shape index (κ2) is 7.99. The van der Waals surface area contributed by atoms with Gasteiger partial charge in [0.25, 0.3) is 11.8 Å². The first-order valence-electron chi connectivity index (χ1n) is 7.61. The zero-order valence-corrected chi connectivity index (χ0v) is 14.9. The fourth-order valence-corrected chi connectivity index (χ4v) is 2.78. The average molecular weight is 386 g/mol. The fourth-order valence-electron chi connectivity index (χ4n) is 2.29. The molecule has 1 heterocycles. The van der Waals surface area contributed by atoms with Gasteiger partial charge in [0, 0.05) is 23.0 Å². The van der Waals surface area contributed by atoms with E-state index in [4.69, 9.17) is 23.2 Å². The second-order valence-corrected chi connectivity index (χ2v) is 6.19. The molecule has 0 saturated heterocycles. The Bertz CT molecular complexity index is 945. The van der Waals surface area contributed by atoms with Gasteiger partial charge in [-0.1, -0.05) is 35.3 Å². The van der Waals surface area contributed by atoms with Gasteiger partial charge in [-0.15, -0.1) is 0 Å². The molecule has 0 saturated carbocycles. The molecule has 5 nitrogen and oxygen atoms in total. The molecule has 2 aromatic carbocycles. The minimum atomic E-state index is -0.534. The largest absolute Gasteiger partial charge is 0.271 e. The van der Waals surface area contributed by atoms with E-state index < -0.39 is 11.8 Å². The first-order valence-corrected chi connectivity index (χ1v) is 8.36. The summed E-state index contributed by atoms with van der Waals surface area (Å²) >= 11 is 11.8. The monoisotopic (exact) mass is 385 g/mol. The Morgan fingerprint density at radius 3 is 2.04 bits per heavy atom. The average Bonchev–Trinajstić information content (AvgIpc) is 2.66. The van der Waals surface area contributed by atoms with Gasteiger partial charge in [-0.25, -0.2) is 0 Å². The maximum atomic E-state index is 12.2. The molecule has 0 aliphatic rings. The van der Waals surface area contributed by atoms with Crippen LogP contribution in [0.15, 0.2) is 67.0 Å². The van der Waals surface area contributed by atoms with E-state index in [2.05, 4.69) is 15.8 Å². The van der Waals surface area contributed by atoms with Crippen molar-refractivity contribution in [3.63, 3.8) is 0 Å². The minimum absolute atomic E-state index is 0.200. The number of hydrogen-bond donors (Lipinski definition) is 2. The third-order valence-corrected chi connectivity index (χ3v) is 4.17. The lowest BCUT2D eigenvalue weighted by Gasteiger charge is -2.09. The van der Waals surface area contributed by atoms with Crippen LogP contribution in [0.2, 0.25) is 10.0 Å². The zero-order chi connectivity index (χ0) is 18.5. The van der Waals surface area contributed by atoms with E-state index in [0.29, 0.717) is 10.6 Å². The predicted octanol–water partition coefficient (Wildman–Crippen LogP) is 4.13. The van der Waals surface area contributed by atoms with Crippen LogP contribution in [-0.4, -0.2) is 16.8 Å². The molecule has 130 valence electrons. The van der Waals surface area contributed by atoms with E-state index in [1.807, 2.05) is 24.3 Å². The summed E-state index contributed by atoms with van der Waals surface area (Å²) in [6.45, 7) is 0. The normalized spacial score (nSPS) is 10.2.